The summed E-state index contributed by atoms with van der Waals surface area (Å²) in [4.78, 5) is 0. The molecule has 22 heavy (non-hydrogen) atoms. The SMILES string of the molecule is CC(C)[Si](OC1C[C@@H]2O[C@@H](C)[C-]=C[C@@H]2O1)(C(C)C)C(C)C.[Li+]. The molecule has 5 heteroatoms. The maximum absolute atomic E-state index is 6.70. The van der Waals surface area contributed by atoms with Crippen molar-refractivity contribution in [3.8, 4) is 0 Å². The van der Waals surface area contributed by atoms with Crippen LogP contribution in [0.3, 0.4) is 0 Å². The average Bonchev–Trinajstić information content (AvgIpc) is 2.75. The molecule has 0 radical (unpaired) electrons. The molecule has 1 unspecified atom stereocenters. The predicted molar refractivity (Wildman–Crippen MR) is 87.6 cm³/mol. The molecule has 0 bridgehead atoms. The normalized spacial score (nSPS) is 31.7. The topological polar surface area (TPSA) is 27.7 Å². The van der Waals surface area contributed by atoms with Crippen LogP contribution in [0, 0.1) is 6.08 Å². The molecule has 2 rings (SSSR count). The molecule has 2 heterocycles. The molecule has 2 aliphatic heterocycles. The van der Waals surface area contributed by atoms with Gasteiger partial charge >= 0.3 is 18.9 Å². The summed E-state index contributed by atoms with van der Waals surface area (Å²) >= 11 is 0. The fourth-order valence-electron chi connectivity index (χ4n) is 4.17. The summed E-state index contributed by atoms with van der Waals surface area (Å²) in [7, 11) is -1.89. The fourth-order valence-corrected chi connectivity index (χ4v) is 9.59. The van der Waals surface area contributed by atoms with Crippen LogP contribution in [-0.4, -0.2) is 32.9 Å². The fraction of sp³-hybridized carbons (Fsp3) is 0.882. The zero-order chi connectivity index (χ0) is 15.8. The predicted octanol–water partition coefficient (Wildman–Crippen LogP) is 1.44. The van der Waals surface area contributed by atoms with Crippen molar-refractivity contribution in [3.63, 3.8) is 0 Å². The van der Waals surface area contributed by atoms with Crippen LogP contribution in [0.25, 0.3) is 0 Å². The molecule has 0 saturated carbocycles. The van der Waals surface area contributed by atoms with Gasteiger partial charge in [0.1, 0.15) is 0 Å². The third-order valence-electron chi connectivity index (χ3n) is 5.02. The molecule has 0 amide bonds. The van der Waals surface area contributed by atoms with Gasteiger partial charge in [0.05, 0.1) is 12.2 Å². The van der Waals surface area contributed by atoms with Crippen LogP contribution in [0.5, 0.6) is 0 Å². The summed E-state index contributed by atoms with van der Waals surface area (Å²) in [5, 5.41) is 0. The van der Waals surface area contributed by atoms with E-state index in [2.05, 4.69) is 47.6 Å². The molecule has 2 aliphatic rings. The van der Waals surface area contributed by atoms with Crippen LogP contribution in [0.15, 0.2) is 6.08 Å². The van der Waals surface area contributed by atoms with Gasteiger partial charge in [0.25, 0.3) is 0 Å². The number of hydrogen-bond acceptors (Lipinski definition) is 3. The Morgan fingerprint density at radius 1 is 1.05 bits per heavy atom. The Morgan fingerprint density at radius 2 is 1.59 bits per heavy atom. The van der Waals surface area contributed by atoms with E-state index in [1.165, 1.54) is 0 Å². The molecule has 4 atom stereocenters. The van der Waals surface area contributed by atoms with Gasteiger partial charge in [0.2, 0.25) is 8.32 Å². The van der Waals surface area contributed by atoms with Gasteiger partial charge < -0.3 is 20.0 Å². The van der Waals surface area contributed by atoms with Crippen molar-refractivity contribution in [2.45, 2.75) is 96.1 Å². The first-order valence-electron chi connectivity index (χ1n) is 8.35. The molecule has 0 aromatic heterocycles. The van der Waals surface area contributed by atoms with Crippen molar-refractivity contribution in [2.75, 3.05) is 0 Å². The van der Waals surface area contributed by atoms with Crippen LogP contribution >= 0.6 is 0 Å². The van der Waals surface area contributed by atoms with E-state index in [4.69, 9.17) is 13.9 Å². The van der Waals surface area contributed by atoms with Crippen LogP contribution in [0.4, 0.5) is 0 Å². The van der Waals surface area contributed by atoms with Crippen LogP contribution in [0.2, 0.25) is 16.6 Å². The molecular weight excluding hydrogens is 287 g/mol. The van der Waals surface area contributed by atoms with Crippen molar-refractivity contribution >= 4 is 8.32 Å². The van der Waals surface area contributed by atoms with Crippen molar-refractivity contribution < 1.29 is 32.8 Å². The Hall–Kier alpha value is 0.434. The van der Waals surface area contributed by atoms with Gasteiger partial charge in [0.15, 0.2) is 6.29 Å². The van der Waals surface area contributed by atoms with Gasteiger partial charge in [0, 0.05) is 6.42 Å². The molecule has 0 N–H and O–H groups in total. The Morgan fingerprint density at radius 3 is 2.09 bits per heavy atom. The van der Waals surface area contributed by atoms with Crippen LogP contribution < -0.4 is 18.9 Å². The van der Waals surface area contributed by atoms with Crippen LogP contribution in [0.1, 0.15) is 54.9 Å². The molecular formula is C17H31LiO3Si. The van der Waals surface area contributed by atoms with Crippen LogP contribution in [-0.2, 0) is 13.9 Å². The number of rotatable bonds is 5. The Kier molecular flexibility index (Phi) is 7.45. The minimum absolute atomic E-state index is 0. The summed E-state index contributed by atoms with van der Waals surface area (Å²) in [6.07, 6.45) is 6.14. The first-order chi connectivity index (χ1) is 9.77. The van der Waals surface area contributed by atoms with E-state index in [-0.39, 0.29) is 43.5 Å². The second kappa shape index (κ2) is 8.01. The summed E-state index contributed by atoms with van der Waals surface area (Å²) in [5.74, 6) is 0. The summed E-state index contributed by atoms with van der Waals surface area (Å²) in [5.41, 5.74) is 1.72. The van der Waals surface area contributed by atoms with Gasteiger partial charge in [-0.1, -0.05) is 54.6 Å². The maximum atomic E-state index is 6.70. The van der Waals surface area contributed by atoms with Crippen molar-refractivity contribution in [1.82, 2.24) is 0 Å². The van der Waals surface area contributed by atoms with Crippen molar-refractivity contribution in [2.24, 2.45) is 0 Å². The molecule has 3 nitrogen and oxygen atoms in total. The third kappa shape index (κ3) is 3.91. The van der Waals surface area contributed by atoms with E-state index in [0.717, 1.165) is 6.42 Å². The third-order valence-corrected chi connectivity index (χ3v) is 11.1. The van der Waals surface area contributed by atoms with E-state index in [9.17, 15) is 0 Å². The summed E-state index contributed by atoms with van der Waals surface area (Å²) in [6.45, 7) is 15.9. The van der Waals surface area contributed by atoms with E-state index in [0.29, 0.717) is 16.6 Å². The number of hydrogen-bond donors (Lipinski definition) is 0. The molecule has 1 fully saturated rings. The van der Waals surface area contributed by atoms with Crippen molar-refractivity contribution in [3.05, 3.63) is 12.2 Å². The molecule has 0 aromatic carbocycles. The first-order valence-corrected chi connectivity index (χ1v) is 10.5. The van der Waals surface area contributed by atoms with Gasteiger partial charge in [-0.2, -0.15) is 0 Å². The Bertz CT molecular complexity index is 362. The minimum atomic E-state index is -1.89. The average molecular weight is 318 g/mol. The van der Waals surface area contributed by atoms with Crippen molar-refractivity contribution in [1.29, 1.82) is 0 Å². The largest absolute Gasteiger partial charge is 1.00 e. The van der Waals surface area contributed by atoms with Gasteiger partial charge in [-0.25, -0.2) is 6.08 Å². The second-order valence-electron chi connectivity index (χ2n) is 7.35. The van der Waals surface area contributed by atoms with Gasteiger partial charge in [-0.15, -0.1) is 0 Å². The van der Waals surface area contributed by atoms with E-state index < -0.39 is 8.32 Å². The number of ether oxygens (including phenoxy) is 2. The Balaban J connectivity index is 0.00000242. The molecule has 0 aromatic rings. The monoisotopic (exact) mass is 318 g/mol. The minimum Gasteiger partial charge on any atom is -0.468 e. The van der Waals surface area contributed by atoms with E-state index in [1.54, 1.807) is 0 Å². The van der Waals surface area contributed by atoms with E-state index >= 15 is 0 Å². The summed E-state index contributed by atoms with van der Waals surface area (Å²) < 4.78 is 18.7. The van der Waals surface area contributed by atoms with E-state index in [1.807, 2.05) is 13.0 Å². The smallest absolute Gasteiger partial charge is 0.468 e. The van der Waals surface area contributed by atoms with Gasteiger partial charge in [-0.05, 0) is 16.6 Å². The Labute approximate surface area is 149 Å². The molecule has 0 spiro atoms. The zero-order valence-electron chi connectivity index (χ0n) is 15.6. The molecule has 122 valence electrons. The standard InChI is InChI=1S/C17H31O3Si.Li/c1-11(2)21(12(3)4,13(5)6)20-17-10-16-15(19-17)9-8-14(7)18-16;/h9,11-17H,10H2,1-7H3;/q-1;+1/t14-,15-,16-,17?;/m0./s1. The quantitative estimate of drug-likeness (QED) is 0.567. The number of fused-ring (bicyclic) bond motifs is 1. The second-order valence-corrected chi connectivity index (χ2v) is 12.8. The maximum Gasteiger partial charge on any atom is 1.00 e. The molecule has 0 aliphatic carbocycles. The first kappa shape index (κ1) is 20.5. The van der Waals surface area contributed by atoms with Gasteiger partial charge in [-0.3, -0.25) is 0 Å². The zero-order valence-corrected chi connectivity index (χ0v) is 16.6. The summed E-state index contributed by atoms with van der Waals surface area (Å²) in [6, 6.07) is 0. The molecule has 1 saturated heterocycles.